The average Bonchev–Trinajstić information content (AvgIpc) is 2.87. The van der Waals surface area contributed by atoms with Gasteiger partial charge in [0.1, 0.15) is 11.9 Å². The Morgan fingerprint density at radius 1 is 1.15 bits per heavy atom. The van der Waals surface area contributed by atoms with E-state index in [1.807, 2.05) is 42.5 Å². The Hall–Kier alpha value is -1.29. The van der Waals surface area contributed by atoms with Crippen molar-refractivity contribution in [1.29, 1.82) is 0 Å². The maximum absolute atomic E-state index is 10.3. The second-order valence-corrected chi connectivity index (χ2v) is 5.98. The molecule has 0 spiro atoms. The topological polar surface area (TPSA) is 33.4 Å². The molecule has 4 heteroatoms. The largest absolute Gasteiger partial charge is 0.457 e. The van der Waals surface area contributed by atoms with Crippen LogP contribution < -0.4 is 0 Å². The number of aliphatic hydroxyl groups excluding tert-OH is 1. The number of aliphatic hydroxyl groups is 1. The minimum absolute atomic E-state index is 0.505. The summed E-state index contributed by atoms with van der Waals surface area (Å²) in [5, 5.41) is 11.8. The SMILES string of the molecule is OC(Cc1ccc(Br)cc1)c1cc2cccc(Cl)c2o1. The summed E-state index contributed by atoms with van der Waals surface area (Å²) < 4.78 is 6.69. The van der Waals surface area contributed by atoms with Crippen LogP contribution in [0, 0.1) is 0 Å². The number of rotatable bonds is 3. The highest BCUT2D eigenvalue weighted by atomic mass is 79.9. The van der Waals surface area contributed by atoms with Crippen molar-refractivity contribution in [1.82, 2.24) is 0 Å². The molecule has 1 unspecified atom stereocenters. The van der Waals surface area contributed by atoms with Gasteiger partial charge in [-0.3, -0.25) is 0 Å². The van der Waals surface area contributed by atoms with Crippen molar-refractivity contribution in [3.63, 3.8) is 0 Å². The van der Waals surface area contributed by atoms with E-state index in [1.54, 1.807) is 6.07 Å². The zero-order chi connectivity index (χ0) is 14.1. The van der Waals surface area contributed by atoms with Crippen molar-refractivity contribution in [2.75, 3.05) is 0 Å². The van der Waals surface area contributed by atoms with Crippen LogP contribution >= 0.6 is 27.5 Å². The first-order chi connectivity index (χ1) is 9.63. The summed E-state index contributed by atoms with van der Waals surface area (Å²) >= 11 is 9.46. The summed E-state index contributed by atoms with van der Waals surface area (Å²) in [6, 6.07) is 15.3. The fourth-order valence-electron chi connectivity index (χ4n) is 2.16. The number of hydrogen-bond acceptors (Lipinski definition) is 2. The van der Waals surface area contributed by atoms with E-state index >= 15 is 0 Å². The fraction of sp³-hybridized carbons (Fsp3) is 0.125. The lowest BCUT2D eigenvalue weighted by Crippen LogP contribution is -2.00. The Morgan fingerprint density at radius 3 is 2.60 bits per heavy atom. The van der Waals surface area contributed by atoms with Crippen LogP contribution in [-0.4, -0.2) is 5.11 Å². The molecule has 102 valence electrons. The average molecular weight is 352 g/mol. The number of hydrogen-bond donors (Lipinski definition) is 1. The predicted molar refractivity (Wildman–Crippen MR) is 84.0 cm³/mol. The second kappa shape index (κ2) is 5.60. The Morgan fingerprint density at radius 2 is 1.90 bits per heavy atom. The van der Waals surface area contributed by atoms with Gasteiger partial charge in [0.2, 0.25) is 0 Å². The molecule has 1 N–H and O–H groups in total. The Bertz CT molecular complexity index is 734. The molecule has 0 radical (unpaired) electrons. The minimum atomic E-state index is -0.681. The second-order valence-electron chi connectivity index (χ2n) is 4.65. The maximum atomic E-state index is 10.3. The molecular weight excluding hydrogens is 340 g/mol. The molecule has 0 aliphatic rings. The lowest BCUT2D eigenvalue weighted by Gasteiger charge is -2.07. The molecule has 0 fully saturated rings. The van der Waals surface area contributed by atoms with Gasteiger partial charge in [-0.25, -0.2) is 0 Å². The lowest BCUT2D eigenvalue weighted by molar-refractivity contribution is 0.152. The van der Waals surface area contributed by atoms with Gasteiger partial charge in [-0.15, -0.1) is 0 Å². The van der Waals surface area contributed by atoms with Crippen molar-refractivity contribution in [2.24, 2.45) is 0 Å². The molecule has 1 heterocycles. The zero-order valence-electron chi connectivity index (χ0n) is 10.5. The monoisotopic (exact) mass is 350 g/mol. The zero-order valence-corrected chi connectivity index (χ0v) is 12.9. The molecule has 3 rings (SSSR count). The molecule has 0 aliphatic carbocycles. The highest BCUT2D eigenvalue weighted by Crippen LogP contribution is 2.30. The van der Waals surface area contributed by atoms with E-state index in [9.17, 15) is 5.11 Å². The van der Waals surface area contributed by atoms with E-state index in [0.717, 1.165) is 15.4 Å². The first-order valence-electron chi connectivity index (χ1n) is 6.24. The van der Waals surface area contributed by atoms with Crippen LogP contribution in [0.4, 0.5) is 0 Å². The molecule has 1 aromatic heterocycles. The minimum Gasteiger partial charge on any atom is -0.457 e. The van der Waals surface area contributed by atoms with Gasteiger partial charge in [-0.2, -0.15) is 0 Å². The molecule has 2 aromatic carbocycles. The van der Waals surface area contributed by atoms with E-state index in [4.69, 9.17) is 16.0 Å². The standard InChI is InChI=1S/C16H12BrClO2/c17-12-6-4-10(5-7-12)8-14(19)15-9-11-2-1-3-13(18)16(11)20-15/h1-7,9,14,19H,8H2. The maximum Gasteiger partial charge on any atom is 0.152 e. The third-order valence-corrected chi connectivity index (χ3v) is 4.01. The van der Waals surface area contributed by atoms with Gasteiger partial charge in [-0.1, -0.05) is 51.8 Å². The van der Waals surface area contributed by atoms with Gasteiger partial charge in [0.15, 0.2) is 5.58 Å². The quantitative estimate of drug-likeness (QED) is 0.710. The number of fused-ring (bicyclic) bond motifs is 1. The molecule has 0 saturated carbocycles. The lowest BCUT2D eigenvalue weighted by atomic mass is 10.1. The van der Waals surface area contributed by atoms with Crippen LogP contribution in [0.1, 0.15) is 17.4 Å². The fourth-order valence-corrected chi connectivity index (χ4v) is 2.64. The van der Waals surface area contributed by atoms with Gasteiger partial charge in [-0.05, 0) is 29.8 Å². The van der Waals surface area contributed by atoms with E-state index in [0.29, 0.717) is 22.8 Å². The van der Waals surface area contributed by atoms with Crippen LogP contribution in [-0.2, 0) is 6.42 Å². The van der Waals surface area contributed by atoms with Crippen molar-refractivity contribution in [3.05, 3.63) is 69.3 Å². The molecule has 0 amide bonds. The number of benzene rings is 2. The molecule has 2 nitrogen and oxygen atoms in total. The van der Waals surface area contributed by atoms with Crippen molar-refractivity contribution < 1.29 is 9.52 Å². The normalized spacial score (nSPS) is 12.8. The third kappa shape index (κ3) is 2.75. The van der Waals surface area contributed by atoms with Gasteiger partial charge < -0.3 is 9.52 Å². The van der Waals surface area contributed by atoms with Crippen LogP contribution in [0.2, 0.25) is 5.02 Å². The summed E-state index contributed by atoms with van der Waals surface area (Å²) in [6.45, 7) is 0. The van der Waals surface area contributed by atoms with Crippen LogP contribution in [0.15, 0.2) is 57.4 Å². The number of para-hydroxylation sites is 1. The first-order valence-corrected chi connectivity index (χ1v) is 7.41. The predicted octanol–water partition coefficient (Wildman–Crippen LogP) is 5.12. The summed E-state index contributed by atoms with van der Waals surface area (Å²) in [6.07, 6.45) is -0.176. The molecule has 3 aromatic rings. The highest BCUT2D eigenvalue weighted by Gasteiger charge is 2.15. The number of halogens is 2. The molecule has 0 saturated heterocycles. The van der Waals surface area contributed by atoms with Crippen LogP contribution in [0.25, 0.3) is 11.0 Å². The van der Waals surface area contributed by atoms with Crippen LogP contribution in [0.3, 0.4) is 0 Å². The summed E-state index contributed by atoms with van der Waals surface area (Å²) in [5.74, 6) is 0.538. The van der Waals surface area contributed by atoms with E-state index < -0.39 is 6.10 Å². The van der Waals surface area contributed by atoms with Crippen LogP contribution in [0.5, 0.6) is 0 Å². The Balaban J connectivity index is 1.86. The van der Waals surface area contributed by atoms with Gasteiger partial charge in [0.25, 0.3) is 0 Å². The van der Waals surface area contributed by atoms with Crippen molar-refractivity contribution in [2.45, 2.75) is 12.5 Å². The molecule has 0 bridgehead atoms. The van der Waals surface area contributed by atoms with E-state index in [2.05, 4.69) is 15.9 Å². The summed E-state index contributed by atoms with van der Waals surface area (Å²) in [4.78, 5) is 0. The van der Waals surface area contributed by atoms with Gasteiger partial charge in [0.05, 0.1) is 5.02 Å². The molecule has 1 atom stereocenters. The Labute approximate surface area is 130 Å². The molecule has 20 heavy (non-hydrogen) atoms. The highest BCUT2D eigenvalue weighted by molar-refractivity contribution is 9.10. The third-order valence-electron chi connectivity index (χ3n) is 3.19. The molecule has 0 aliphatic heterocycles. The number of furan rings is 1. The van der Waals surface area contributed by atoms with Crippen molar-refractivity contribution in [3.8, 4) is 0 Å². The molecular formula is C16H12BrClO2. The van der Waals surface area contributed by atoms with Gasteiger partial charge in [0, 0.05) is 16.3 Å². The summed E-state index contributed by atoms with van der Waals surface area (Å²) in [7, 11) is 0. The van der Waals surface area contributed by atoms with Crippen molar-refractivity contribution >= 4 is 38.5 Å². The smallest absolute Gasteiger partial charge is 0.152 e. The first kappa shape index (κ1) is 13.7. The van der Waals surface area contributed by atoms with E-state index in [1.165, 1.54) is 0 Å². The summed E-state index contributed by atoms with van der Waals surface area (Å²) in [5.41, 5.74) is 1.67. The van der Waals surface area contributed by atoms with E-state index in [-0.39, 0.29) is 0 Å². The Kier molecular flexibility index (Phi) is 3.83. The van der Waals surface area contributed by atoms with Gasteiger partial charge >= 0.3 is 0 Å².